The maximum absolute atomic E-state index is 9.85. The molecule has 0 aliphatic carbocycles. The van der Waals surface area contributed by atoms with Crippen LogP contribution in [0.3, 0.4) is 0 Å². The highest BCUT2D eigenvalue weighted by Crippen LogP contribution is 2.02. The van der Waals surface area contributed by atoms with Crippen molar-refractivity contribution >= 4 is 6.29 Å². The van der Waals surface area contributed by atoms with Gasteiger partial charge >= 0.3 is 0 Å². The van der Waals surface area contributed by atoms with Crippen LogP contribution >= 0.6 is 0 Å². The quantitative estimate of drug-likeness (QED) is 0.596. The third-order valence-corrected chi connectivity index (χ3v) is 1.57. The Morgan fingerprint density at radius 2 is 2.60 bits per heavy atom. The van der Waals surface area contributed by atoms with Crippen molar-refractivity contribution in [3.8, 4) is 0 Å². The van der Waals surface area contributed by atoms with Crippen LogP contribution in [0.1, 0.15) is 12.8 Å². The van der Waals surface area contributed by atoms with Gasteiger partial charge in [-0.05, 0) is 6.42 Å². The number of hydrogen-bond acceptors (Lipinski definition) is 3. The normalized spacial score (nSPS) is 26.2. The van der Waals surface area contributed by atoms with Gasteiger partial charge in [0.2, 0.25) is 0 Å². The zero-order chi connectivity index (χ0) is 7.23. The lowest BCUT2D eigenvalue weighted by Crippen LogP contribution is -2.38. The van der Waals surface area contributed by atoms with E-state index in [4.69, 9.17) is 4.74 Å². The van der Waals surface area contributed by atoms with Crippen molar-refractivity contribution in [3.63, 3.8) is 0 Å². The molecule has 57 valence electrons. The average Bonchev–Trinajstić information content (AvgIpc) is 2.03. The molecule has 0 bridgehead atoms. The zero-order valence-corrected chi connectivity index (χ0v) is 5.93. The molecule has 0 aromatic rings. The zero-order valence-electron chi connectivity index (χ0n) is 5.93. The minimum Gasteiger partial charge on any atom is -0.376 e. The van der Waals surface area contributed by atoms with Gasteiger partial charge in [-0.3, -0.25) is 4.79 Å². The van der Waals surface area contributed by atoms with Crippen molar-refractivity contribution in [2.45, 2.75) is 18.9 Å². The molecule has 1 atom stereocenters. The molecule has 0 amide bonds. The summed E-state index contributed by atoms with van der Waals surface area (Å²) < 4.78 is 5.34. The Kier molecular flexibility index (Phi) is 3.40. The van der Waals surface area contributed by atoms with E-state index in [1.165, 1.54) is 0 Å². The molecule has 0 aromatic heterocycles. The third kappa shape index (κ3) is 2.45. The minimum absolute atomic E-state index is 0.232. The fraction of sp³-hybridized carbons (Fsp3) is 0.857. The van der Waals surface area contributed by atoms with Crippen LogP contribution in [0.25, 0.3) is 0 Å². The van der Waals surface area contributed by atoms with Gasteiger partial charge in [0.15, 0.2) is 6.29 Å². The third-order valence-electron chi connectivity index (χ3n) is 1.57. The number of carbonyl (C=O) groups excluding carboxylic acids is 1. The van der Waals surface area contributed by atoms with Crippen LogP contribution in [0.15, 0.2) is 0 Å². The smallest absolute Gasteiger partial charge is 0.198 e. The monoisotopic (exact) mass is 142 g/mol. The SMILES string of the molecule is O=[C]CCC1CNCCO1. The number of ether oxygens (including phenoxy) is 1. The van der Waals surface area contributed by atoms with Crippen LogP contribution in [0.4, 0.5) is 0 Å². The number of hydrogen-bond donors (Lipinski definition) is 1. The molecule has 1 rings (SSSR count). The molecule has 1 aliphatic rings. The fourth-order valence-electron chi connectivity index (χ4n) is 1.03. The highest BCUT2D eigenvalue weighted by molar-refractivity contribution is 5.50. The van der Waals surface area contributed by atoms with Crippen molar-refractivity contribution in [2.75, 3.05) is 19.7 Å². The molecule has 1 unspecified atom stereocenters. The van der Waals surface area contributed by atoms with Crippen LogP contribution < -0.4 is 5.32 Å². The highest BCUT2D eigenvalue weighted by Gasteiger charge is 2.11. The molecule has 1 fully saturated rings. The molecule has 1 saturated heterocycles. The van der Waals surface area contributed by atoms with E-state index in [-0.39, 0.29) is 6.10 Å². The predicted octanol–water partition coefficient (Wildman–Crippen LogP) is -0.135. The van der Waals surface area contributed by atoms with E-state index in [0.29, 0.717) is 6.42 Å². The van der Waals surface area contributed by atoms with E-state index in [1.54, 1.807) is 0 Å². The first-order chi connectivity index (χ1) is 4.93. The lowest BCUT2D eigenvalue weighted by atomic mass is 10.2. The second-order valence-electron chi connectivity index (χ2n) is 2.38. The lowest BCUT2D eigenvalue weighted by Gasteiger charge is -2.22. The maximum atomic E-state index is 9.85. The minimum atomic E-state index is 0.232. The Morgan fingerprint density at radius 3 is 3.20 bits per heavy atom. The van der Waals surface area contributed by atoms with Gasteiger partial charge in [-0.2, -0.15) is 0 Å². The van der Waals surface area contributed by atoms with Gasteiger partial charge in [0, 0.05) is 19.5 Å². The molecule has 1 N–H and O–H groups in total. The van der Waals surface area contributed by atoms with E-state index in [1.807, 2.05) is 6.29 Å². The summed E-state index contributed by atoms with van der Waals surface area (Å²) in [6.07, 6.45) is 3.38. The molecule has 10 heavy (non-hydrogen) atoms. The van der Waals surface area contributed by atoms with E-state index in [9.17, 15) is 4.79 Å². The number of morpholine rings is 1. The summed E-state index contributed by atoms with van der Waals surface area (Å²) in [6.45, 7) is 2.58. The molecule has 3 nitrogen and oxygen atoms in total. The van der Waals surface area contributed by atoms with Gasteiger partial charge in [0.1, 0.15) is 0 Å². The molecule has 0 spiro atoms. The van der Waals surface area contributed by atoms with E-state index >= 15 is 0 Å². The number of rotatable bonds is 3. The van der Waals surface area contributed by atoms with Crippen LogP contribution in [-0.4, -0.2) is 32.1 Å². The van der Waals surface area contributed by atoms with E-state index in [2.05, 4.69) is 5.32 Å². The molecule has 1 radical (unpaired) electrons. The van der Waals surface area contributed by atoms with Gasteiger partial charge < -0.3 is 10.1 Å². The molecule has 0 saturated carbocycles. The Balaban J connectivity index is 2.07. The van der Waals surface area contributed by atoms with Gasteiger partial charge in [-0.15, -0.1) is 0 Å². The van der Waals surface area contributed by atoms with Gasteiger partial charge in [0.05, 0.1) is 12.7 Å². The Labute approximate surface area is 60.7 Å². The van der Waals surface area contributed by atoms with Crippen LogP contribution in [-0.2, 0) is 9.53 Å². The second kappa shape index (κ2) is 4.41. The Hall–Kier alpha value is -0.410. The average molecular weight is 142 g/mol. The fourth-order valence-corrected chi connectivity index (χ4v) is 1.03. The molecule has 0 aromatic carbocycles. The second-order valence-corrected chi connectivity index (χ2v) is 2.38. The lowest BCUT2D eigenvalue weighted by molar-refractivity contribution is 0.0248. The van der Waals surface area contributed by atoms with E-state index in [0.717, 1.165) is 26.1 Å². The Morgan fingerprint density at radius 1 is 1.70 bits per heavy atom. The largest absolute Gasteiger partial charge is 0.376 e. The van der Waals surface area contributed by atoms with Gasteiger partial charge in [-0.25, -0.2) is 0 Å². The van der Waals surface area contributed by atoms with Crippen LogP contribution in [0.2, 0.25) is 0 Å². The first-order valence-electron chi connectivity index (χ1n) is 3.61. The summed E-state index contributed by atoms with van der Waals surface area (Å²) in [4.78, 5) is 9.85. The summed E-state index contributed by atoms with van der Waals surface area (Å²) in [7, 11) is 0. The van der Waals surface area contributed by atoms with Crippen molar-refractivity contribution in [1.29, 1.82) is 0 Å². The summed E-state index contributed by atoms with van der Waals surface area (Å²) in [5.74, 6) is 0. The Bertz CT molecular complexity index is 99.8. The van der Waals surface area contributed by atoms with Crippen molar-refractivity contribution in [3.05, 3.63) is 0 Å². The van der Waals surface area contributed by atoms with Crippen molar-refractivity contribution in [2.24, 2.45) is 0 Å². The van der Waals surface area contributed by atoms with Crippen molar-refractivity contribution in [1.82, 2.24) is 5.32 Å². The summed E-state index contributed by atoms with van der Waals surface area (Å²) >= 11 is 0. The van der Waals surface area contributed by atoms with Crippen molar-refractivity contribution < 1.29 is 9.53 Å². The van der Waals surface area contributed by atoms with Gasteiger partial charge in [0.25, 0.3) is 0 Å². The summed E-state index contributed by atoms with van der Waals surface area (Å²) in [6, 6.07) is 0. The summed E-state index contributed by atoms with van der Waals surface area (Å²) in [5, 5.41) is 3.19. The molecule has 1 aliphatic heterocycles. The standard InChI is InChI=1S/C7H12NO2/c9-4-1-2-7-6-8-3-5-10-7/h7-8H,1-3,5-6H2. The first-order valence-corrected chi connectivity index (χ1v) is 3.61. The molecule has 1 heterocycles. The molecule has 3 heteroatoms. The summed E-state index contributed by atoms with van der Waals surface area (Å²) in [5.41, 5.74) is 0. The first kappa shape index (κ1) is 7.69. The number of nitrogens with one attached hydrogen (secondary N) is 1. The predicted molar refractivity (Wildman–Crippen MR) is 37.5 cm³/mol. The van der Waals surface area contributed by atoms with Crippen LogP contribution in [0.5, 0.6) is 0 Å². The van der Waals surface area contributed by atoms with E-state index < -0.39 is 0 Å². The maximum Gasteiger partial charge on any atom is 0.198 e. The highest BCUT2D eigenvalue weighted by atomic mass is 16.5. The molecular weight excluding hydrogens is 130 g/mol. The molecular formula is C7H12NO2. The van der Waals surface area contributed by atoms with Gasteiger partial charge in [-0.1, -0.05) is 0 Å². The topological polar surface area (TPSA) is 38.3 Å². The van der Waals surface area contributed by atoms with Crippen LogP contribution in [0, 0.1) is 0 Å².